The summed E-state index contributed by atoms with van der Waals surface area (Å²) in [6, 6.07) is 10.1. The normalized spacial score (nSPS) is 16.4. The van der Waals surface area contributed by atoms with Crippen LogP contribution in [0.5, 0.6) is 5.75 Å². The maximum atomic E-state index is 12.8. The van der Waals surface area contributed by atoms with Gasteiger partial charge in [-0.05, 0) is 61.6 Å². The Kier molecular flexibility index (Phi) is 9.41. The van der Waals surface area contributed by atoms with Gasteiger partial charge in [0.15, 0.2) is 5.96 Å². The number of nitrogens with two attached hydrogens (primary N) is 1. The quantitative estimate of drug-likeness (QED) is 0.361. The molecule has 1 aromatic heterocycles. The van der Waals surface area contributed by atoms with Crippen LogP contribution in [0.3, 0.4) is 0 Å². The standard InChI is InChI=1S/C24H31N5O3.2ClH/c1-17-13-20(5-9-27-17)28-11-7-24(8-12-28,22(30)31-2)16-32-21-4-3-18-6-10-29(23(25)26)15-19(18)14-21;;/h3-5,9,13-14H,6-8,10-12,15-16H2,1-2H3,(H3,25,26);2*1H. The molecule has 3 N–H and O–H groups in total. The largest absolute Gasteiger partial charge is 0.492 e. The van der Waals surface area contributed by atoms with Crippen molar-refractivity contribution in [2.24, 2.45) is 11.1 Å². The highest BCUT2D eigenvalue weighted by atomic mass is 35.5. The third-order valence-corrected chi connectivity index (χ3v) is 6.63. The summed E-state index contributed by atoms with van der Waals surface area (Å²) >= 11 is 0. The van der Waals surface area contributed by atoms with Crippen LogP contribution in [-0.2, 0) is 22.5 Å². The van der Waals surface area contributed by atoms with Crippen molar-refractivity contribution in [1.82, 2.24) is 9.88 Å². The first kappa shape index (κ1) is 27.5. The van der Waals surface area contributed by atoms with Crippen LogP contribution >= 0.6 is 24.8 Å². The Hall–Kier alpha value is -2.71. The molecule has 1 saturated heterocycles. The van der Waals surface area contributed by atoms with Gasteiger partial charge >= 0.3 is 5.97 Å². The van der Waals surface area contributed by atoms with E-state index in [1.165, 1.54) is 12.7 Å². The number of hydrogen-bond donors (Lipinski definition) is 2. The zero-order valence-electron chi connectivity index (χ0n) is 19.6. The van der Waals surface area contributed by atoms with Crippen molar-refractivity contribution in [3.05, 3.63) is 53.3 Å². The van der Waals surface area contributed by atoms with E-state index in [0.717, 1.165) is 48.7 Å². The number of anilines is 1. The van der Waals surface area contributed by atoms with Gasteiger partial charge in [0.05, 0.1) is 7.11 Å². The molecule has 2 aliphatic heterocycles. The fourth-order valence-corrected chi connectivity index (χ4v) is 4.59. The number of nitrogens with zero attached hydrogens (tertiary/aromatic N) is 3. The monoisotopic (exact) mass is 509 g/mol. The number of ether oxygens (including phenoxy) is 2. The van der Waals surface area contributed by atoms with E-state index in [9.17, 15) is 4.79 Å². The van der Waals surface area contributed by atoms with Crippen LogP contribution in [0.1, 0.15) is 29.7 Å². The maximum Gasteiger partial charge on any atom is 0.315 e. The predicted octanol–water partition coefficient (Wildman–Crippen LogP) is 3.32. The van der Waals surface area contributed by atoms with Gasteiger partial charge in [-0.2, -0.15) is 0 Å². The lowest BCUT2D eigenvalue weighted by Gasteiger charge is -2.40. The van der Waals surface area contributed by atoms with Crippen LogP contribution < -0.4 is 15.4 Å². The van der Waals surface area contributed by atoms with Gasteiger partial charge in [-0.25, -0.2) is 0 Å². The number of aromatic nitrogens is 1. The van der Waals surface area contributed by atoms with Crippen molar-refractivity contribution in [3.8, 4) is 5.75 Å². The summed E-state index contributed by atoms with van der Waals surface area (Å²) in [5.41, 5.74) is 9.46. The minimum absolute atomic E-state index is 0. The van der Waals surface area contributed by atoms with Crippen molar-refractivity contribution < 1.29 is 14.3 Å². The maximum absolute atomic E-state index is 12.8. The number of carbonyl (C=O) groups excluding carboxylic acids is 1. The van der Waals surface area contributed by atoms with Crippen molar-refractivity contribution in [2.45, 2.75) is 32.7 Å². The number of benzene rings is 1. The van der Waals surface area contributed by atoms with Crippen molar-refractivity contribution >= 4 is 42.4 Å². The van der Waals surface area contributed by atoms with Gasteiger partial charge in [0.2, 0.25) is 0 Å². The number of aryl methyl sites for hydroxylation is 1. The third kappa shape index (κ3) is 5.85. The fourth-order valence-electron chi connectivity index (χ4n) is 4.59. The van der Waals surface area contributed by atoms with E-state index in [0.29, 0.717) is 19.4 Å². The molecule has 0 radical (unpaired) electrons. The van der Waals surface area contributed by atoms with E-state index < -0.39 is 5.41 Å². The first-order valence-corrected chi connectivity index (χ1v) is 11.0. The Morgan fingerprint density at radius 3 is 2.53 bits per heavy atom. The molecule has 186 valence electrons. The van der Waals surface area contributed by atoms with E-state index in [1.807, 2.05) is 36.2 Å². The minimum atomic E-state index is -0.672. The molecule has 10 heteroatoms. The number of pyridine rings is 1. The molecule has 2 aliphatic rings. The highest BCUT2D eigenvalue weighted by Gasteiger charge is 2.43. The molecule has 4 rings (SSSR count). The fraction of sp³-hybridized carbons (Fsp3) is 0.458. The Bertz CT molecular complexity index is 1010. The van der Waals surface area contributed by atoms with Gasteiger partial charge in [-0.15, -0.1) is 24.8 Å². The average molecular weight is 510 g/mol. The highest BCUT2D eigenvalue weighted by molar-refractivity contribution is 5.85. The van der Waals surface area contributed by atoms with Crippen molar-refractivity contribution in [1.29, 1.82) is 5.41 Å². The summed E-state index contributed by atoms with van der Waals surface area (Å²) in [5.74, 6) is 0.594. The van der Waals surface area contributed by atoms with Crippen LogP contribution in [0.25, 0.3) is 0 Å². The first-order chi connectivity index (χ1) is 15.4. The van der Waals surface area contributed by atoms with Gasteiger partial charge in [-0.1, -0.05) is 6.07 Å². The summed E-state index contributed by atoms with van der Waals surface area (Å²) in [6.07, 6.45) is 3.99. The second kappa shape index (κ2) is 11.6. The molecule has 0 bridgehead atoms. The number of carbonyl (C=O) groups is 1. The molecule has 0 amide bonds. The number of piperidine rings is 1. The van der Waals surface area contributed by atoms with Gasteiger partial charge in [0.1, 0.15) is 17.8 Å². The van der Waals surface area contributed by atoms with Crippen LogP contribution in [0.4, 0.5) is 5.69 Å². The lowest BCUT2D eigenvalue weighted by atomic mass is 9.79. The molecule has 0 saturated carbocycles. The van der Waals surface area contributed by atoms with Crippen molar-refractivity contribution in [3.63, 3.8) is 0 Å². The van der Waals surface area contributed by atoms with E-state index in [-0.39, 0.29) is 43.3 Å². The molecule has 34 heavy (non-hydrogen) atoms. The summed E-state index contributed by atoms with van der Waals surface area (Å²) in [5, 5.41) is 7.70. The van der Waals surface area contributed by atoms with Gasteiger partial charge in [0, 0.05) is 43.8 Å². The Morgan fingerprint density at radius 2 is 1.88 bits per heavy atom. The number of hydrogen-bond acceptors (Lipinski definition) is 6. The molecule has 1 aromatic carbocycles. The van der Waals surface area contributed by atoms with Gasteiger partial charge < -0.3 is 25.0 Å². The zero-order chi connectivity index (χ0) is 22.7. The lowest BCUT2D eigenvalue weighted by molar-refractivity contribution is -0.156. The second-order valence-corrected chi connectivity index (χ2v) is 8.69. The SMILES string of the molecule is COC(=O)C1(COc2ccc3c(c2)CN(C(=N)N)CC3)CCN(c2ccnc(C)c2)CC1.Cl.Cl. The molecule has 2 aromatic rings. The Labute approximate surface area is 213 Å². The van der Waals surface area contributed by atoms with E-state index in [2.05, 4.69) is 22.0 Å². The number of nitrogens with one attached hydrogen (secondary N) is 1. The number of fused-ring (bicyclic) bond motifs is 1. The molecule has 0 unspecified atom stereocenters. The molecule has 1 fully saturated rings. The van der Waals surface area contributed by atoms with Gasteiger partial charge in [-0.3, -0.25) is 15.2 Å². The second-order valence-electron chi connectivity index (χ2n) is 8.69. The summed E-state index contributed by atoms with van der Waals surface area (Å²) in [6.45, 7) is 5.11. The molecule has 3 heterocycles. The molecule has 0 aliphatic carbocycles. The van der Waals surface area contributed by atoms with Crippen LogP contribution in [-0.4, -0.2) is 55.2 Å². The highest BCUT2D eigenvalue weighted by Crippen LogP contribution is 2.36. The molecule has 0 spiro atoms. The Morgan fingerprint density at radius 1 is 1.15 bits per heavy atom. The van der Waals surface area contributed by atoms with E-state index >= 15 is 0 Å². The third-order valence-electron chi connectivity index (χ3n) is 6.63. The van der Waals surface area contributed by atoms with E-state index in [4.69, 9.17) is 20.6 Å². The first-order valence-electron chi connectivity index (χ1n) is 11.0. The zero-order valence-corrected chi connectivity index (χ0v) is 21.2. The molecular formula is C24H33Cl2N5O3. The molecule has 0 atom stereocenters. The van der Waals surface area contributed by atoms with Crippen LogP contribution in [0, 0.1) is 17.7 Å². The number of methoxy groups -OCH3 is 1. The summed E-state index contributed by atoms with van der Waals surface area (Å²) in [4.78, 5) is 21.2. The Balaban J connectivity index is 0.00000204. The van der Waals surface area contributed by atoms with Crippen molar-refractivity contribution in [2.75, 3.05) is 38.3 Å². The number of halogens is 2. The van der Waals surface area contributed by atoms with E-state index in [1.54, 1.807) is 0 Å². The molecular weight excluding hydrogens is 477 g/mol. The smallest absolute Gasteiger partial charge is 0.315 e. The number of esters is 1. The average Bonchev–Trinajstić information content (AvgIpc) is 2.82. The number of rotatable bonds is 5. The van der Waals surface area contributed by atoms with Crippen LogP contribution in [0.2, 0.25) is 0 Å². The lowest BCUT2D eigenvalue weighted by Crippen LogP contribution is -2.48. The van der Waals surface area contributed by atoms with Crippen LogP contribution in [0.15, 0.2) is 36.5 Å². The number of guanidine groups is 1. The predicted molar refractivity (Wildman–Crippen MR) is 137 cm³/mol. The summed E-state index contributed by atoms with van der Waals surface area (Å²) < 4.78 is 11.3. The van der Waals surface area contributed by atoms with Gasteiger partial charge in [0.25, 0.3) is 0 Å². The molecule has 8 nitrogen and oxygen atoms in total. The summed E-state index contributed by atoms with van der Waals surface area (Å²) in [7, 11) is 1.44. The minimum Gasteiger partial charge on any atom is -0.492 e. The topological polar surface area (TPSA) is 105 Å².